The Morgan fingerprint density at radius 1 is 1.32 bits per heavy atom. The molecule has 22 heavy (non-hydrogen) atoms. The van der Waals surface area contributed by atoms with Crippen LogP contribution in [0.1, 0.15) is 30.1 Å². The number of hydrogen-bond acceptors (Lipinski definition) is 4. The average molecular weight is 313 g/mol. The molecule has 1 aliphatic rings. The second-order valence-corrected chi connectivity index (χ2v) is 6.61. The lowest BCUT2D eigenvalue weighted by Gasteiger charge is -2.19. The molecule has 0 saturated heterocycles. The summed E-state index contributed by atoms with van der Waals surface area (Å²) in [6.45, 7) is 2.05. The molecule has 1 atom stereocenters. The van der Waals surface area contributed by atoms with Gasteiger partial charge >= 0.3 is 0 Å². The summed E-state index contributed by atoms with van der Waals surface area (Å²) in [5, 5.41) is 3.17. The van der Waals surface area contributed by atoms with E-state index in [-0.39, 0.29) is 11.9 Å². The van der Waals surface area contributed by atoms with Crippen LogP contribution in [0.15, 0.2) is 47.8 Å². The van der Waals surface area contributed by atoms with Crippen molar-refractivity contribution in [1.82, 2.24) is 15.3 Å². The van der Waals surface area contributed by atoms with E-state index in [2.05, 4.69) is 28.3 Å². The zero-order valence-electron chi connectivity index (χ0n) is 12.5. The number of nitrogens with one attached hydrogen (secondary N) is 1. The Labute approximate surface area is 134 Å². The van der Waals surface area contributed by atoms with Gasteiger partial charge in [-0.05, 0) is 49.4 Å². The molecule has 1 aliphatic carbocycles. The minimum absolute atomic E-state index is 0.0479. The predicted octanol–water partition coefficient (Wildman–Crippen LogP) is 3.14. The van der Waals surface area contributed by atoms with E-state index in [0.717, 1.165) is 16.2 Å². The Morgan fingerprint density at radius 2 is 2.09 bits per heavy atom. The summed E-state index contributed by atoms with van der Waals surface area (Å²) in [6, 6.07) is 7.87. The molecule has 0 aliphatic heterocycles. The van der Waals surface area contributed by atoms with Crippen molar-refractivity contribution in [2.75, 3.05) is 5.75 Å². The zero-order chi connectivity index (χ0) is 15.4. The van der Waals surface area contributed by atoms with Crippen LogP contribution in [-0.2, 0) is 4.79 Å². The van der Waals surface area contributed by atoms with Crippen molar-refractivity contribution >= 4 is 17.7 Å². The van der Waals surface area contributed by atoms with Crippen LogP contribution < -0.4 is 5.32 Å². The second kappa shape index (κ2) is 6.92. The number of nitrogens with zero attached hydrogens (tertiary/aromatic N) is 2. The summed E-state index contributed by atoms with van der Waals surface area (Å²) in [7, 11) is 0. The van der Waals surface area contributed by atoms with Crippen molar-refractivity contribution in [3.8, 4) is 0 Å². The maximum absolute atomic E-state index is 12.3. The van der Waals surface area contributed by atoms with Gasteiger partial charge in [-0.2, -0.15) is 0 Å². The molecule has 0 aromatic carbocycles. The number of carbonyl (C=O) groups is 1. The Balaban J connectivity index is 1.62. The molecule has 1 saturated carbocycles. The van der Waals surface area contributed by atoms with Crippen LogP contribution >= 0.6 is 11.8 Å². The number of carbonyl (C=O) groups excluding carboxylic acids is 1. The summed E-state index contributed by atoms with van der Waals surface area (Å²) in [5.41, 5.74) is 2.15. The van der Waals surface area contributed by atoms with E-state index in [4.69, 9.17) is 0 Å². The fraction of sp³-hybridized carbons (Fsp3) is 0.353. The molecule has 0 unspecified atom stereocenters. The summed E-state index contributed by atoms with van der Waals surface area (Å²) in [6.07, 6.45) is 7.61. The molecule has 3 rings (SSSR count). The van der Waals surface area contributed by atoms with Crippen molar-refractivity contribution in [3.05, 3.63) is 54.1 Å². The predicted molar refractivity (Wildman–Crippen MR) is 87.5 cm³/mol. The maximum atomic E-state index is 12.3. The molecule has 114 valence electrons. The number of pyridine rings is 2. The average Bonchev–Trinajstić information content (AvgIpc) is 3.37. The highest BCUT2D eigenvalue weighted by atomic mass is 32.2. The van der Waals surface area contributed by atoms with Crippen LogP contribution in [0.25, 0.3) is 0 Å². The third-order valence-electron chi connectivity index (χ3n) is 3.77. The van der Waals surface area contributed by atoms with Gasteiger partial charge in [0.1, 0.15) is 0 Å². The van der Waals surface area contributed by atoms with Crippen LogP contribution in [0, 0.1) is 12.8 Å². The van der Waals surface area contributed by atoms with Crippen molar-refractivity contribution < 1.29 is 4.79 Å². The third kappa shape index (κ3) is 3.85. The first-order valence-corrected chi connectivity index (χ1v) is 8.46. The van der Waals surface area contributed by atoms with Gasteiger partial charge < -0.3 is 5.32 Å². The molecule has 1 N–H and O–H groups in total. The molecular formula is C17H19N3OS. The molecule has 5 heteroatoms. The van der Waals surface area contributed by atoms with Crippen LogP contribution in [-0.4, -0.2) is 21.6 Å². The number of thioether (sulfide) groups is 1. The molecule has 0 bridgehead atoms. The highest BCUT2D eigenvalue weighted by Gasteiger charge is 2.34. The lowest BCUT2D eigenvalue weighted by atomic mass is 10.0. The second-order valence-electron chi connectivity index (χ2n) is 5.56. The van der Waals surface area contributed by atoms with Crippen molar-refractivity contribution in [2.24, 2.45) is 5.92 Å². The highest BCUT2D eigenvalue weighted by Crippen LogP contribution is 2.41. The lowest BCUT2D eigenvalue weighted by molar-refractivity contribution is -0.119. The molecule has 0 radical (unpaired) electrons. The van der Waals surface area contributed by atoms with Gasteiger partial charge in [-0.3, -0.25) is 14.8 Å². The first kappa shape index (κ1) is 15.0. The molecule has 0 spiro atoms. The Morgan fingerprint density at radius 3 is 2.77 bits per heavy atom. The topological polar surface area (TPSA) is 54.9 Å². The molecule has 2 heterocycles. The van der Waals surface area contributed by atoms with E-state index < -0.39 is 0 Å². The first-order chi connectivity index (χ1) is 10.7. The summed E-state index contributed by atoms with van der Waals surface area (Å²) >= 11 is 1.53. The van der Waals surface area contributed by atoms with Crippen molar-refractivity contribution in [1.29, 1.82) is 0 Å². The van der Waals surface area contributed by atoms with Gasteiger partial charge in [0.15, 0.2) is 0 Å². The van der Waals surface area contributed by atoms with Gasteiger partial charge in [0.05, 0.1) is 17.5 Å². The number of aryl methyl sites for hydroxylation is 1. The molecule has 2 aromatic heterocycles. The molecule has 4 nitrogen and oxygen atoms in total. The number of hydrogen-bond donors (Lipinski definition) is 1. The molecule has 1 amide bonds. The minimum Gasteiger partial charge on any atom is -0.347 e. The maximum Gasteiger partial charge on any atom is 0.230 e. The quantitative estimate of drug-likeness (QED) is 0.832. The molecular weight excluding hydrogens is 294 g/mol. The van der Waals surface area contributed by atoms with E-state index in [9.17, 15) is 4.79 Å². The summed E-state index contributed by atoms with van der Waals surface area (Å²) < 4.78 is 0. The van der Waals surface area contributed by atoms with Crippen molar-refractivity contribution in [3.63, 3.8) is 0 Å². The Hall–Kier alpha value is -1.88. The van der Waals surface area contributed by atoms with E-state index in [1.807, 2.05) is 18.2 Å². The van der Waals surface area contributed by atoms with Gasteiger partial charge in [-0.25, -0.2) is 0 Å². The Bertz CT molecular complexity index is 643. The van der Waals surface area contributed by atoms with E-state index in [1.54, 1.807) is 18.6 Å². The number of rotatable bonds is 6. The van der Waals surface area contributed by atoms with Crippen LogP contribution in [0.4, 0.5) is 0 Å². The highest BCUT2D eigenvalue weighted by molar-refractivity contribution is 8.00. The fourth-order valence-corrected chi connectivity index (χ4v) is 3.16. The summed E-state index contributed by atoms with van der Waals surface area (Å²) in [4.78, 5) is 21.8. The monoisotopic (exact) mass is 313 g/mol. The van der Waals surface area contributed by atoms with E-state index >= 15 is 0 Å². The minimum atomic E-state index is 0.0479. The van der Waals surface area contributed by atoms with Gasteiger partial charge in [0.25, 0.3) is 0 Å². The normalized spacial score (nSPS) is 15.3. The first-order valence-electron chi connectivity index (χ1n) is 7.48. The Kier molecular flexibility index (Phi) is 4.73. The van der Waals surface area contributed by atoms with Crippen molar-refractivity contribution in [2.45, 2.75) is 30.7 Å². The van der Waals surface area contributed by atoms with Gasteiger partial charge in [-0.15, -0.1) is 11.8 Å². The molecule has 1 fully saturated rings. The number of aromatic nitrogens is 2. The lowest BCUT2D eigenvalue weighted by Crippen LogP contribution is -2.32. The van der Waals surface area contributed by atoms with Gasteiger partial charge in [0, 0.05) is 23.5 Å². The smallest absolute Gasteiger partial charge is 0.230 e. The largest absolute Gasteiger partial charge is 0.347 e. The third-order valence-corrected chi connectivity index (χ3v) is 4.79. The van der Waals surface area contributed by atoms with E-state index in [1.165, 1.54) is 24.6 Å². The zero-order valence-corrected chi connectivity index (χ0v) is 13.3. The van der Waals surface area contributed by atoms with Crippen LogP contribution in [0.5, 0.6) is 0 Å². The fourth-order valence-electron chi connectivity index (χ4n) is 2.46. The van der Waals surface area contributed by atoms with E-state index in [0.29, 0.717) is 11.7 Å². The van der Waals surface area contributed by atoms with Crippen LogP contribution in [0.3, 0.4) is 0 Å². The SMILES string of the molecule is Cc1cccnc1[C@@H](NC(=O)CSc1ccncc1)C1CC1. The summed E-state index contributed by atoms with van der Waals surface area (Å²) in [5.74, 6) is 1.01. The van der Waals surface area contributed by atoms with Crippen LogP contribution in [0.2, 0.25) is 0 Å². The standard InChI is InChI=1S/C17H19N3OS/c1-12-3-2-8-19-16(12)17(13-4-5-13)20-15(21)11-22-14-6-9-18-10-7-14/h2-3,6-10,13,17H,4-5,11H2,1H3,(H,20,21)/t17-/m0/s1. The molecule has 2 aromatic rings. The van der Waals surface area contributed by atoms with Gasteiger partial charge in [-0.1, -0.05) is 6.07 Å². The van der Waals surface area contributed by atoms with Gasteiger partial charge in [0.2, 0.25) is 5.91 Å². The number of amides is 1.